The van der Waals surface area contributed by atoms with E-state index in [-0.39, 0.29) is 5.41 Å². The second-order valence-electron chi connectivity index (χ2n) is 5.93. The third kappa shape index (κ3) is 5.75. The van der Waals surface area contributed by atoms with Crippen molar-refractivity contribution in [1.29, 1.82) is 0 Å². The van der Waals surface area contributed by atoms with Crippen molar-refractivity contribution >= 4 is 0 Å². The van der Waals surface area contributed by atoms with Crippen LogP contribution in [0.5, 0.6) is 0 Å². The molecule has 0 aliphatic heterocycles. The molecule has 110 valence electrons. The topological polar surface area (TPSA) is 38.9 Å². The van der Waals surface area contributed by atoms with E-state index in [0.29, 0.717) is 0 Å². The van der Waals surface area contributed by atoms with Crippen molar-refractivity contribution < 1.29 is 4.52 Å². The van der Waals surface area contributed by atoms with Gasteiger partial charge in [-0.25, -0.2) is 0 Å². The van der Waals surface area contributed by atoms with Crippen LogP contribution in [0.1, 0.15) is 90.9 Å². The van der Waals surface area contributed by atoms with Gasteiger partial charge in [0.05, 0.1) is 0 Å². The van der Waals surface area contributed by atoms with Crippen LogP contribution in [-0.4, -0.2) is 10.1 Å². The van der Waals surface area contributed by atoms with E-state index in [2.05, 4.69) is 30.9 Å². The third-order valence-corrected chi connectivity index (χ3v) is 4.04. The molecule has 0 saturated heterocycles. The first-order chi connectivity index (χ1) is 9.23. The van der Waals surface area contributed by atoms with Crippen molar-refractivity contribution in [2.75, 3.05) is 0 Å². The molecule has 3 heteroatoms. The molecule has 19 heavy (non-hydrogen) atoms. The summed E-state index contributed by atoms with van der Waals surface area (Å²) in [4.78, 5) is 4.30. The Labute approximate surface area is 118 Å². The number of nitrogens with zero attached hydrogens (tertiary/aromatic N) is 2. The SMILES string of the molecule is CCCCCCCC(C)(CCCCC)c1ncno1. The van der Waals surface area contributed by atoms with Gasteiger partial charge in [0.25, 0.3) is 0 Å². The minimum atomic E-state index is 0.0812. The van der Waals surface area contributed by atoms with Crippen molar-refractivity contribution in [3.05, 3.63) is 12.2 Å². The number of hydrogen-bond donors (Lipinski definition) is 0. The maximum absolute atomic E-state index is 5.35. The quantitative estimate of drug-likeness (QED) is 0.512. The molecular formula is C16H30N2O. The molecule has 1 atom stereocenters. The highest BCUT2D eigenvalue weighted by molar-refractivity contribution is 5.00. The first-order valence-corrected chi connectivity index (χ1v) is 8.00. The fourth-order valence-electron chi connectivity index (χ4n) is 2.66. The standard InChI is InChI=1S/C16H30N2O/c1-4-6-8-9-11-13-16(3,12-10-7-5-2)15-17-14-18-19-15/h14H,4-13H2,1-3H3. The van der Waals surface area contributed by atoms with Gasteiger partial charge in [0.1, 0.15) is 0 Å². The minimum absolute atomic E-state index is 0.0812. The van der Waals surface area contributed by atoms with Crippen LogP contribution < -0.4 is 0 Å². The van der Waals surface area contributed by atoms with Crippen LogP contribution in [0.4, 0.5) is 0 Å². The highest BCUT2D eigenvalue weighted by Crippen LogP contribution is 2.33. The monoisotopic (exact) mass is 266 g/mol. The van der Waals surface area contributed by atoms with Crippen LogP contribution in [0.25, 0.3) is 0 Å². The lowest BCUT2D eigenvalue weighted by Gasteiger charge is -2.25. The Morgan fingerprint density at radius 3 is 2.11 bits per heavy atom. The van der Waals surface area contributed by atoms with E-state index in [0.717, 1.165) is 12.3 Å². The van der Waals surface area contributed by atoms with E-state index in [1.165, 1.54) is 64.1 Å². The van der Waals surface area contributed by atoms with Gasteiger partial charge >= 0.3 is 0 Å². The molecule has 0 aromatic carbocycles. The van der Waals surface area contributed by atoms with Crippen molar-refractivity contribution in [1.82, 2.24) is 10.1 Å². The fraction of sp³-hybridized carbons (Fsp3) is 0.875. The van der Waals surface area contributed by atoms with Gasteiger partial charge in [0.15, 0.2) is 6.33 Å². The summed E-state index contributed by atoms with van der Waals surface area (Å²) in [6, 6.07) is 0. The van der Waals surface area contributed by atoms with Gasteiger partial charge in [-0.2, -0.15) is 4.98 Å². The summed E-state index contributed by atoms with van der Waals surface area (Å²) in [5.41, 5.74) is 0.0812. The Morgan fingerprint density at radius 1 is 0.947 bits per heavy atom. The highest BCUT2D eigenvalue weighted by atomic mass is 16.5. The van der Waals surface area contributed by atoms with E-state index in [9.17, 15) is 0 Å². The molecule has 0 amide bonds. The van der Waals surface area contributed by atoms with Crippen LogP contribution in [0, 0.1) is 0 Å². The molecule has 1 heterocycles. The normalized spacial score (nSPS) is 14.5. The smallest absolute Gasteiger partial charge is 0.232 e. The Morgan fingerprint density at radius 2 is 1.53 bits per heavy atom. The van der Waals surface area contributed by atoms with Crippen LogP contribution in [0.15, 0.2) is 10.9 Å². The molecule has 0 N–H and O–H groups in total. The van der Waals surface area contributed by atoms with Crippen molar-refractivity contribution in [3.8, 4) is 0 Å². The van der Waals surface area contributed by atoms with Crippen LogP contribution in [0.2, 0.25) is 0 Å². The van der Waals surface area contributed by atoms with Gasteiger partial charge in [-0.1, -0.05) is 77.3 Å². The predicted molar refractivity (Wildman–Crippen MR) is 79.2 cm³/mol. The van der Waals surface area contributed by atoms with E-state index < -0.39 is 0 Å². The zero-order valence-corrected chi connectivity index (χ0v) is 13.0. The highest BCUT2D eigenvalue weighted by Gasteiger charge is 2.30. The van der Waals surface area contributed by atoms with Gasteiger partial charge in [0.2, 0.25) is 5.89 Å². The van der Waals surface area contributed by atoms with Gasteiger partial charge in [0, 0.05) is 5.41 Å². The second-order valence-corrected chi connectivity index (χ2v) is 5.93. The molecule has 1 aromatic rings. The van der Waals surface area contributed by atoms with Crippen LogP contribution in [-0.2, 0) is 5.41 Å². The molecule has 1 unspecified atom stereocenters. The first-order valence-electron chi connectivity index (χ1n) is 8.00. The molecule has 0 saturated carbocycles. The van der Waals surface area contributed by atoms with E-state index >= 15 is 0 Å². The number of rotatable bonds is 11. The average molecular weight is 266 g/mol. The Bertz CT molecular complexity index is 311. The van der Waals surface area contributed by atoms with Crippen LogP contribution in [0.3, 0.4) is 0 Å². The molecule has 1 aromatic heterocycles. The first kappa shape index (κ1) is 16.2. The maximum atomic E-state index is 5.35. The fourth-order valence-corrected chi connectivity index (χ4v) is 2.66. The lowest BCUT2D eigenvalue weighted by atomic mass is 9.79. The maximum Gasteiger partial charge on any atom is 0.232 e. The van der Waals surface area contributed by atoms with Crippen LogP contribution >= 0.6 is 0 Å². The van der Waals surface area contributed by atoms with Crippen molar-refractivity contribution in [3.63, 3.8) is 0 Å². The number of aromatic nitrogens is 2. The predicted octanol–water partition coefficient (Wildman–Crippen LogP) is 5.27. The number of unbranched alkanes of at least 4 members (excludes halogenated alkanes) is 6. The summed E-state index contributed by atoms with van der Waals surface area (Å²) in [5.74, 6) is 0.832. The molecule has 3 nitrogen and oxygen atoms in total. The largest absolute Gasteiger partial charge is 0.339 e. The molecule has 0 spiro atoms. The lowest BCUT2D eigenvalue weighted by molar-refractivity contribution is 0.254. The number of hydrogen-bond acceptors (Lipinski definition) is 3. The summed E-state index contributed by atoms with van der Waals surface area (Å²) in [7, 11) is 0. The molecular weight excluding hydrogens is 236 g/mol. The van der Waals surface area contributed by atoms with E-state index in [4.69, 9.17) is 4.52 Å². The Hall–Kier alpha value is -0.860. The second kappa shape index (κ2) is 9.11. The van der Waals surface area contributed by atoms with Gasteiger partial charge < -0.3 is 4.52 Å². The summed E-state index contributed by atoms with van der Waals surface area (Å²) >= 11 is 0. The van der Waals surface area contributed by atoms with Gasteiger partial charge in [-0.3, -0.25) is 0 Å². The summed E-state index contributed by atoms with van der Waals surface area (Å²) in [5, 5.41) is 3.79. The van der Waals surface area contributed by atoms with Gasteiger partial charge in [-0.15, -0.1) is 0 Å². The zero-order valence-electron chi connectivity index (χ0n) is 13.0. The lowest BCUT2D eigenvalue weighted by Crippen LogP contribution is -2.22. The minimum Gasteiger partial charge on any atom is -0.339 e. The molecule has 0 radical (unpaired) electrons. The summed E-state index contributed by atoms with van der Waals surface area (Å²) < 4.78 is 5.35. The Kier molecular flexibility index (Phi) is 7.76. The van der Waals surface area contributed by atoms with Crippen molar-refractivity contribution in [2.24, 2.45) is 0 Å². The molecule has 0 fully saturated rings. The molecule has 0 aliphatic rings. The van der Waals surface area contributed by atoms with Gasteiger partial charge in [-0.05, 0) is 12.8 Å². The molecule has 0 bridgehead atoms. The van der Waals surface area contributed by atoms with E-state index in [1.807, 2.05) is 0 Å². The average Bonchev–Trinajstić information content (AvgIpc) is 2.93. The summed E-state index contributed by atoms with van der Waals surface area (Å²) in [6.07, 6.45) is 14.3. The Balaban J connectivity index is 2.45. The summed E-state index contributed by atoms with van der Waals surface area (Å²) in [6.45, 7) is 6.79. The molecule has 0 aliphatic carbocycles. The third-order valence-electron chi connectivity index (χ3n) is 4.04. The van der Waals surface area contributed by atoms with E-state index in [1.54, 1.807) is 0 Å². The zero-order chi connectivity index (χ0) is 14.0. The van der Waals surface area contributed by atoms with Crippen molar-refractivity contribution in [2.45, 2.75) is 90.4 Å². The molecule has 1 rings (SSSR count).